The second-order valence-corrected chi connectivity index (χ2v) is 7.13. The molecule has 9 heteroatoms. The Kier molecular flexibility index (Phi) is 4.86. The normalized spacial score (nSPS) is 12.8. The lowest BCUT2D eigenvalue weighted by Gasteiger charge is -2.08. The van der Waals surface area contributed by atoms with E-state index in [0.29, 0.717) is 11.4 Å². The molecular weight excluding hydrogens is 308 g/mol. The highest BCUT2D eigenvalue weighted by Gasteiger charge is 2.18. The van der Waals surface area contributed by atoms with E-state index < -0.39 is 15.9 Å². The number of aromatic nitrogens is 3. The summed E-state index contributed by atoms with van der Waals surface area (Å²) in [6.45, 7) is 1.68. The van der Waals surface area contributed by atoms with E-state index in [9.17, 15) is 13.2 Å². The summed E-state index contributed by atoms with van der Waals surface area (Å²) in [5, 5.41) is 6.45. The summed E-state index contributed by atoms with van der Waals surface area (Å²) in [6.07, 6.45) is 4.22. The molecule has 0 saturated carbocycles. The second-order valence-electron chi connectivity index (χ2n) is 4.87. The van der Waals surface area contributed by atoms with Crippen LogP contribution in [-0.2, 0) is 14.6 Å². The van der Waals surface area contributed by atoms with Gasteiger partial charge >= 0.3 is 0 Å². The first-order valence-electron chi connectivity index (χ1n) is 6.56. The first-order chi connectivity index (χ1) is 10.3. The third-order valence-corrected chi connectivity index (χ3v) is 3.76. The van der Waals surface area contributed by atoms with Crippen molar-refractivity contribution >= 4 is 15.7 Å². The summed E-state index contributed by atoms with van der Waals surface area (Å²) in [6, 6.07) is 3.03. The molecular formula is C13H16N4O4S. The molecule has 0 aliphatic rings. The monoisotopic (exact) mass is 324 g/mol. The molecule has 22 heavy (non-hydrogen) atoms. The van der Waals surface area contributed by atoms with Crippen LogP contribution in [0.25, 0.3) is 11.4 Å². The van der Waals surface area contributed by atoms with Crippen LogP contribution >= 0.6 is 0 Å². The summed E-state index contributed by atoms with van der Waals surface area (Å²) in [4.78, 5) is 19.8. The molecule has 0 radical (unpaired) electrons. The predicted octanol–water partition coefficient (Wildman–Crippen LogP) is 0.744. The molecule has 118 valence electrons. The van der Waals surface area contributed by atoms with E-state index in [-0.39, 0.29) is 24.0 Å². The molecule has 1 N–H and O–H groups in total. The quantitative estimate of drug-likeness (QED) is 0.833. The van der Waals surface area contributed by atoms with Crippen molar-refractivity contribution in [1.82, 2.24) is 20.4 Å². The zero-order valence-corrected chi connectivity index (χ0v) is 13.0. The van der Waals surface area contributed by atoms with Gasteiger partial charge in [0.15, 0.2) is 0 Å². The van der Waals surface area contributed by atoms with Gasteiger partial charge in [0.2, 0.25) is 17.6 Å². The Labute approximate surface area is 127 Å². The van der Waals surface area contributed by atoms with E-state index in [4.69, 9.17) is 4.52 Å². The highest BCUT2D eigenvalue weighted by atomic mass is 32.2. The minimum Gasteiger partial charge on any atom is -0.345 e. The minimum absolute atomic E-state index is 0.104. The molecule has 1 atom stereocenters. The van der Waals surface area contributed by atoms with Crippen LogP contribution in [0.2, 0.25) is 0 Å². The van der Waals surface area contributed by atoms with Crippen molar-refractivity contribution in [1.29, 1.82) is 0 Å². The number of carbonyl (C=O) groups is 1. The third kappa shape index (κ3) is 4.62. The van der Waals surface area contributed by atoms with Gasteiger partial charge in [-0.3, -0.25) is 9.78 Å². The Bertz CT molecular complexity index is 742. The zero-order valence-electron chi connectivity index (χ0n) is 12.2. The average Bonchev–Trinajstić information content (AvgIpc) is 2.95. The van der Waals surface area contributed by atoms with Crippen molar-refractivity contribution in [2.45, 2.75) is 19.4 Å². The Morgan fingerprint density at radius 1 is 1.45 bits per heavy atom. The van der Waals surface area contributed by atoms with Crippen LogP contribution < -0.4 is 5.32 Å². The fraction of sp³-hybridized carbons (Fsp3) is 0.385. The molecule has 0 aromatic carbocycles. The second kappa shape index (κ2) is 6.65. The molecule has 2 heterocycles. The standard InChI is InChI=1S/C13H16N4O4S/c1-9(15-11(18)5-7-22(2,19)20)13-16-12(17-21-13)10-4-3-6-14-8-10/h3-4,6,8-9H,5,7H2,1-2H3,(H,15,18). The smallest absolute Gasteiger partial charge is 0.249 e. The van der Waals surface area contributed by atoms with Crippen molar-refractivity contribution in [3.63, 3.8) is 0 Å². The van der Waals surface area contributed by atoms with E-state index in [1.165, 1.54) is 0 Å². The maximum Gasteiger partial charge on any atom is 0.249 e. The highest BCUT2D eigenvalue weighted by molar-refractivity contribution is 7.90. The zero-order chi connectivity index (χ0) is 16.2. The Hall–Kier alpha value is -2.29. The third-order valence-electron chi connectivity index (χ3n) is 2.81. The van der Waals surface area contributed by atoms with E-state index in [1.807, 2.05) is 0 Å². The SMILES string of the molecule is CC(NC(=O)CCS(C)(=O)=O)c1nc(-c2cccnc2)no1. The van der Waals surface area contributed by atoms with Gasteiger partial charge in [0.25, 0.3) is 0 Å². The highest BCUT2D eigenvalue weighted by Crippen LogP contribution is 2.17. The van der Waals surface area contributed by atoms with Crippen molar-refractivity contribution in [2.24, 2.45) is 0 Å². The summed E-state index contributed by atoms with van der Waals surface area (Å²) in [7, 11) is -3.17. The molecule has 2 aromatic rings. The summed E-state index contributed by atoms with van der Waals surface area (Å²) >= 11 is 0. The van der Waals surface area contributed by atoms with Crippen molar-refractivity contribution in [3.8, 4) is 11.4 Å². The number of hydrogen-bond donors (Lipinski definition) is 1. The van der Waals surface area contributed by atoms with Crippen LogP contribution in [0, 0.1) is 0 Å². The molecule has 1 amide bonds. The maximum atomic E-state index is 11.7. The lowest BCUT2D eigenvalue weighted by atomic mass is 10.2. The molecule has 0 saturated heterocycles. The van der Waals surface area contributed by atoms with Crippen LogP contribution in [0.3, 0.4) is 0 Å². The van der Waals surface area contributed by atoms with Crippen LogP contribution in [-0.4, -0.2) is 41.5 Å². The number of nitrogens with zero attached hydrogens (tertiary/aromatic N) is 3. The fourth-order valence-corrected chi connectivity index (χ4v) is 2.23. The van der Waals surface area contributed by atoms with Gasteiger partial charge in [-0.15, -0.1) is 0 Å². The average molecular weight is 324 g/mol. The van der Waals surface area contributed by atoms with Crippen LogP contribution in [0.5, 0.6) is 0 Å². The first kappa shape index (κ1) is 16.1. The van der Waals surface area contributed by atoms with Gasteiger partial charge in [-0.25, -0.2) is 8.42 Å². The minimum atomic E-state index is -3.17. The van der Waals surface area contributed by atoms with Gasteiger partial charge in [-0.05, 0) is 19.1 Å². The van der Waals surface area contributed by atoms with Crippen LogP contribution in [0.1, 0.15) is 25.3 Å². The number of carbonyl (C=O) groups excluding carboxylic acids is 1. The number of hydrogen-bond acceptors (Lipinski definition) is 7. The van der Waals surface area contributed by atoms with Gasteiger partial charge < -0.3 is 9.84 Å². The molecule has 2 rings (SSSR count). The van der Waals surface area contributed by atoms with Gasteiger partial charge in [0, 0.05) is 30.6 Å². The van der Waals surface area contributed by atoms with Gasteiger partial charge in [0.05, 0.1) is 5.75 Å². The van der Waals surface area contributed by atoms with E-state index >= 15 is 0 Å². The number of rotatable bonds is 6. The topological polar surface area (TPSA) is 115 Å². The number of sulfone groups is 1. The molecule has 8 nitrogen and oxygen atoms in total. The number of nitrogens with one attached hydrogen (secondary N) is 1. The lowest BCUT2D eigenvalue weighted by molar-refractivity contribution is -0.121. The summed E-state index contributed by atoms with van der Waals surface area (Å²) in [5.74, 6) is 0.0296. The molecule has 1 unspecified atom stereocenters. The maximum absolute atomic E-state index is 11.7. The van der Waals surface area contributed by atoms with Gasteiger partial charge in [0.1, 0.15) is 15.9 Å². The van der Waals surface area contributed by atoms with Gasteiger partial charge in [-0.2, -0.15) is 4.98 Å². The van der Waals surface area contributed by atoms with Crippen molar-refractivity contribution in [2.75, 3.05) is 12.0 Å². The fourth-order valence-electron chi connectivity index (χ4n) is 1.68. The Morgan fingerprint density at radius 3 is 2.86 bits per heavy atom. The molecule has 0 spiro atoms. The van der Waals surface area contributed by atoms with Gasteiger partial charge in [-0.1, -0.05) is 5.16 Å². The molecule has 2 aromatic heterocycles. The Morgan fingerprint density at radius 2 is 2.23 bits per heavy atom. The number of pyridine rings is 1. The predicted molar refractivity (Wildman–Crippen MR) is 78.4 cm³/mol. The van der Waals surface area contributed by atoms with Crippen molar-refractivity contribution in [3.05, 3.63) is 30.4 Å². The van der Waals surface area contributed by atoms with Crippen molar-refractivity contribution < 1.29 is 17.7 Å². The summed E-state index contributed by atoms with van der Waals surface area (Å²) < 4.78 is 27.2. The Balaban J connectivity index is 1.97. The largest absolute Gasteiger partial charge is 0.345 e. The summed E-state index contributed by atoms with van der Waals surface area (Å²) in [5.41, 5.74) is 0.702. The van der Waals surface area contributed by atoms with E-state index in [1.54, 1.807) is 31.5 Å². The molecule has 0 fully saturated rings. The molecule has 0 aliphatic heterocycles. The van der Waals surface area contributed by atoms with E-state index in [0.717, 1.165) is 6.26 Å². The van der Waals surface area contributed by atoms with Crippen LogP contribution in [0.15, 0.2) is 29.0 Å². The first-order valence-corrected chi connectivity index (χ1v) is 8.62. The number of amides is 1. The lowest BCUT2D eigenvalue weighted by Crippen LogP contribution is -2.28. The van der Waals surface area contributed by atoms with Crippen LogP contribution in [0.4, 0.5) is 0 Å². The molecule has 0 bridgehead atoms. The molecule has 0 aliphatic carbocycles. The van der Waals surface area contributed by atoms with E-state index in [2.05, 4.69) is 20.4 Å².